The minimum Gasteiger partial charge on any atom is -0.326 e. The smallest absolute Gasteiger partial charge is 0.262 e. The van der Waals surface area contributed by atoms with Gasteiger partial charge < -0.3 is 5.32 Å². The van der Waals surface area contributed by atoms with E-state index in [0.717, 1.165) is 6.42 Å². The molecule has 2 atom stereocenters. The number of rotatable bonds is 5. The minimum atomic E-state index is -3.77. The molecule has 1 fully saturated rings. The SMILES string of the molecule is Cc1ccc(NC(=O)[C@H]2C[C@@H]2C)cc1S(=O)(=O)Nc1ccc(Cl)cc1. The van der Waals surface area contributed by atoms with Gasteiger partial charge in [-0.3, -0.25) is 9.52 Å². The summed E-state index contributed by atoms with van der Waals surface area (Å²) in [5.74, 6) is 0.346. The highest BCUT2D eigenvalue weighted by Gasteiger charge is 2.39. The van der Waals surface area contributed by atoms with Crippen LogP contribution in [0.15, 0.2) is 47.4 Å². The van der Waals surface area contributed by atoms with Crippen LogP contribution in [0.5, 0.6) is 0 Å². The predicted octanol–water partition coefficient (Wildman–Crippen LogP) is 4.04. The minimum absolute atomic E-state index is 0.0218. The molecule has 0 saturated heterocycles. The molecule has 1 saturated carbocycles. The molecule has 2 aromatic carbocycles. The predicted molar refractivity (Wildman–Crippen MR) is 99.3 cm³/mol. The van der Waals surface area contributed by atoms with Gasteiger partial charge in [0.05, 0.1) is 4.90 Å². The highest BCUT2D eigenvalue weighted by atomic mass is 35.5. The van der Waals surface area contributed by atoms with Gasteiger partial charge in [-0.05, 0) is 61.2 Å². The van der Waals surface area contributed by atoms with Crippen LogP contribution in [0.3, 0.4) is 0 Å². The Morgan fingerprint density at radius 2 is 1.72 bits per heavy atom. The molecule has 1 amide bonds. The van der Waals surface area contributed by atoms with Gasteiger partial charge in [-0.15, -0.1) is 0 Å². The highest BCUT2D eigenvalue weighted by molar-refractivity contribution is 7.92. The number of benzene rings is 2. The second-order valence-corrected chi connectivity index (χ2v) is 8.49. The lowest BCUT2D eigenvalue weighted by Crippen LogP contribution is -2.17. The van der Waals surface area contributed by atoms with Crippen LogP contribution in [0, 0.1) is 18.8 Å². The average molecular weight is 379 g/mol. The van der Waals surface area contributed by atoms with E-state index >= 15 is 0 Å². The van der Waals surface area contributed by atoms with Gasteiger partial charge in [0.25, 0.3) is 10.0 Å². The van der Waals surface area contributed by atoms with Gasteiger partial charge in [-0.1, -0.05) is 24.6 Å². The van der Waals surface area contributed by atoms with Crippen LogP contribution in [-0.2, 0) is 14.8 Å². The third-order valence-electron chi connectivity index (χ3n) is 4.29. The molecule has 1 aliphatic carbocycles. The summed E-state index contributed by atoms with van der Waals surface area (Å²) in [7, 11) is -3.77. The number of anilines is 2. The van der Waals surface area contributed by atoms with E-state index in [1.807, 2.05) is 6.92 Å². The molecule has 5 nitrogen and oxygen atoms in total. The van der Waals surface area contributed by atoms with Gasteiger partial charge >= 0.3 is 0 Å². The number of amides is 1. The Kier molecular flexibility index (Phi) is 4.75. The molecule has 0 heterocycles. The standard InChI is InChI=1S/C18H19ClN2O3S/c1-11-3-6-15(20-18(22)16-9-12(16)2)10-17(11)25(23,24)21-14-7-4-13(19)5-8-14/h3-8,10,12,16,21H,9H2,1-2H3,(H,20,22)/t12-,16-/m0/s1. The molecule has 2 N–H and O–H groups in total. The maximum Gasteiger partial charge on any atom is 0.262 e. The molecule has 0 unspecified atom stereocenters. The number of nitrogens with one attached hydrogen (secondary N) is 2. The Labute approximate surface area is 152 Å². The van der Waals surface area contributed by atoms with Crippen LogP contribution >= 0.6 is 11.6 Å². The molecule has 0 aliphatic heterocycles. The average Bonchev–Trinajstić information content (AvgIpc) is 3.28. The number of carbonyl (C=O) groups excluding carboxylic acids is 1. The Morgan fingerprint density at radius 3 is 2.32 bits per heavy atom. The normalized spacial score (nSPS) is 19.3. The number of sulfonamides is 1. The molecule has 2 aromatic rings. The van der Waals surface area contributed by atoms with E-state index in [1.54, 1.807) is 43.3 Å². The van der Waals surface area contributed by atoms with E-state index in [1.165, 1.54) is 6.07 Å². The zero-order chi connectivity index (χ0) is 18.2. The van der Waals surface area contributed by atoms with Gasteiger partial charge in [-0.2, -0.15) is 0 Å². The number of hydrogen-bond acceptors (Lipinski definition) is 3. The Morgan fingerprint density at radius 1 is 1.12 bits per heavy atom. The summed E-state index contributed by atoms with van der Waals surface area (Å²) < 4.78 is 27.9. The molecular formula is C18H19ClN2O3S. The monoisotopic (exact) mass is 378 g/mol. The van der Waals surface area contributed by atoms with Gasteiger partial charge in [0.2, 0.25) is 5.91 Å². The summed E-state index contributed by atoms with van der Waals surface area (Å²) in [5.41, 5.74) is 1.50. The number of halogens is 1. The topological polar surface area (TPSA) is 75.3 Å². The lowest BCUT2D eigenvalue weighted by Gasteiger charge is -2.13. The first-order valence-electron chi connectivity index (χ1n) is 7.96. The van der Waals surface area contributed by atoms with Crippen molar-refractivity contribution in [1.29, 1.82) is 0 Å². The van der Waals surface area contributed by atoms with E-state index in [9.17, 15) is 13.2 Å². The molecule has 7 heteroatoms. The largest absolute Gasteiger partial charge is 0.326 e. The van der Waals surface area contributed by atoms with Gasteiger partial charge in [0.1, 0.15) is 0 Å². The van der Waals surface area contributed by atoms with Crippen LogP contribution in [0.2, 0.25) is 5.02 Å². The Hall–Kier alpha value is -2.05. The lowest BCUT2D eigenvalue weighted by atomic mass is 10.2. The first kappa shape index (κ1) is 17.8. The summed E-state index contributed by atoms with van der Waals surface area (Å²) in [6, 6.07) is 11.3. The molecule has 3 rings (SSSR count). The fraction of sp³-hybridized carbons (Fsp3) is 0.278. The zero-order valence-corrected chi connectivity index (χ0v) is 15.5. The fourth-order valence-electron chi connectivity index (χ4n) is 2.62. The third-order valence-corrected chi connectivity index (χ3v) is 6.06. The lowest BCUT2D eigenvalue weighted by molar-refractivity contribution is -0.117. The number of carbonyl (C=O) groups is 1. The summed E-state index contributed by atoms with van der Waals surface area (Å²) in [4.78, 5) is 12.2. The zero-order valence-electron chi connectivity index (χ0n) is 13.9. The van der Waals surface area contributed by atoms with Crippen LogP contribution in [0.1, 0.15) is 18.9 Å². The molecule has 0 aromatic heterocycles. The summed E-state index contributed by atoms with van der Waals surface area (Å²) in [6.07, 6.45) is 0.876. The van der Waals surface area contributed by atoms with Crippen molar-refractivity contribution >= 4 is 38.9 Å². The maximum atomic E-state index is 12.7. The van der Waals surface area contributed by atoms with Crippen molar-refractivity contribution in [3.8, 4) is 0 Å². The molecule has 1 aliphatic rings. The first-order valence-corrected chi connectivity index (χ1v) is 9.82. The van der Waals surface area contributed by atoms with Crippen LogP contribution in [0.4, 0.5) is 11.4 Å². The van der Waals surface area contributed by atoms with Gasteiger partial charge in [-0.25, -0.2) is 8.42 Å². The van der Waals surface area contributed by atoms with E-state index in [0.29, 0.717) is 27.9 Å². The highest BCUT2D eigenvalue weighted by Crippen LogP contribution is 2.38. The van der Waals surface area contributed by atoms with E-state index < -0.39 is 10.0 Å². The van der Waals surface area contributed by atoms with Crippen molar-refractivity contribution in [2.75, 3.05) is 10.0 Å². The van der Waals surface area contributed by atoms with Crippen molar-refractivity contribution in [2.45, 2.75) is 25.2 Å². The van der Waals surface area contributed by atoms with Crippen molar-refractivity contribution in [2.24, 2.45) is 11.8 Å². The van der Waals surface area contributed by atoms with Crippen LogP contribution in [0.25, 0.3) is 0 Å². The fourth-order valence-corrected chi connectivity index (χ4v) is 4.07. The van der Waals surface area contributed by atoms with Gasteiger partial charge in [0, 0.05) is 22.3 Å². The molecule has 0 bridgehead atoms. The van der Waals surface area contributed by atoms with Crippen molar-refractivity contribution in [3.05, 3.63) is 53.1 Å². The van der Waals surface area contributed by atoms with E-state index in [4.69, 9.17) is 11.6 Å². The molecule has 0 spiro atoms. The molecule has 25 heavy (non-hydrogen) atoms. The molecule has 0 radical (unpaired) electrons. The first-order chi connectivity index (χ1) is 11.8. The van der Waals surface area contributed by atoms with E-state index in [-0.39, 0.29) is 16.7 Å². The third kappa shape index (κ3) is 4.14. The van der Waals surface area contributed by atoms with Crippen molar-refractivity contribution < 1.29 is 13.2 Å². The Balaban J connectivity index is 1.83. The van der Waals surface area contributed by atoms with Gasteiger partial charge in [0.15, 0.2) is 0 Å². The second-order valence-electron chi connectivity index (χ2n) is 6.40. The van der Waals surface area contributed by atoms with Crippen molar-refractivity contribution in [3.63, 3.8) is 0 Å². The second kappa shape index (κ2) is 6.69. The quantitative estimate of drug-likeness (QED) is 0.824. The van der Waals surface area contributed by atoms with Crippen LogP contribution in [-0.4, -0.2) is 14.3 Å². The Bertz CT molecular complexity index is 910. The summed E-state index contributed by atoms with van der Waals surface area (Å²) in [5, 5.41) is 3.32. The number of hydrogen-bond donors (Lipinski definition) is 2. The van der Waals surface area contributed by atoms with E-state index in [2.05, 4.69) is 10.0 Å². The van der Waals surface area contributed by atoms with Crippen LogP contribution < -0.4 is 10.0 Å². The van der Waals surface area contributed by atoms with Crippen molar-refractivity contribution in [1.82, 2.24) is 0 Å². The summed E-state index contributed by atoms with van der Waals surface area (Å²) in [6.45, 7) is 3.73. The number of aryl methyl sites for hydroxylation is 1. The molecule has 132 valence electrons. The molecular weight excluding hydrogens is 360 g/mol. The summed E-state index contributed by atoms with van der Waals surface area (Å²) >= 11 is 5.82. The maximum absolute atomic E-state index is 12.7.